The minimum atomic E-state index is -0.508. The number of ether oxygens (including phenoxy) is 2. The lowest BCUT2D eigenvalue weighted by molar-refractivity contribution is -0.129. The highest BCUT2D eigenvalue weighted by Gasteiger charge is 2.35. The smallest absolute Gasteiger partial charge is 0.241 e. The second-order valence-electron chi connectivity index (χ2n) is 7.51. The van der Waals surface area contributed by atoms with Gasteiger partial charge in [-0.2, -0.15) is 0 Å². The fraction of sp³-hybridized carbons (Fsp3) is 0.650. The van der Waals surface area contributed by atoms with E-state index in [9.17, 15) is 9.18 Å². The van der Waals surface area contributed by atoms with Crippen LogP contribution >= 0.6 is 24.8 Å². The molecule has 2 aliphatic heterocycles. The van der Waals surface area contributed by atoms with Crippen LogP contribution in [0.15, 0.2) is 24.3 Å². The van der Waals surface area contributed by atoms with Crippen LogP contribution in [0.25, 0.3) is 0 Å². The van der Waals surface area contributed by atoms with Gasteiger partial charge in [0.05, 0.1) is 19.8 Å². The molecule has 0 radical (unpaired) electrons. The van der Waals surface area contributed by atoms with Crippen molar-refractivity contribution in [2.45, 2.75) is 18.9 Å². The van der Waals surface area contributed by atoms with Crippen LogP contribution in [0, 0.1) is 11.2 Å². The molecule has 1 atom stereocenters. The number of hydrogen-bond acceptors (Lipinski definition) is 5. The molecule has 2 heterocycles. The van der Waals surface area contributed by atoms with Crippen LogP contribution in [0.2, 0.25) is 0 Å². The summed E-state index contributed by atoms with van der Waals surface area (Å²) in [5.74, 6) is -0.413. The Kier molecular flexibility index (Phi) is 11.4. The van der Waals surface area contributed by atoms with E-state index in [0.29, 0.717) is 45.0 Å². The number of benzene rings is 1. The van der Waals surface area contributed by atoms with Crippen molar-refractivity contribution in [2.24, 2.45) is 5.41 Å². The number of nitrogens with zero attached hydrogens (tertiary/aromatic N) is 1. The number of amides is 1. The summed E-state index contributed by atoms with van der Waals surface area (Å²) in [6.07, 6.45) is 1.92. The van der Waals surface area contributed by atoms with Crippen LogP contribution in [0.3, 0.4) is 0 Å². The number of carbonyl (C=O) groups is 1. The molecule has 29 heavy (non-hydrogen) atoms. The summed E-state index contributed by atoms with van der Waals surface area (Å²) in [5, 5.41) is 6.50. The van der Waals surface area contributed by atoms with Crippen LogP contribution in [0.4, 0.5) is 4.39 Å². The number of nitrogens with one attached hydrogen (secondary N) is 2. The number of methoxy groups -OCH3 is 1. The second kappa shape index (κ2) is 12.7. The van der Waals surface area contributed by atoms with E-state index >= 15 is 0 Å². The maximum absolute atomic E-state index is 13.8. The molecule has 2 N–H and O–H groups in total. The number of carbonyl (C=O) groups excluding carboxylic acids is 1. The third-order valence-corrected chi connectivity index (χ3v) is 5.58. The van der Waals surface area contributed by atoms with Gasteiger partial charge in [-0.3, -0.25) is 9.69 Å². The van der Waals surface area contributed by atoms with Gasteiger partial charge in [0, 0.05) is 32.2 Å². The molecule has 0 bridgehead atoms. The first-order chi connectivity index (χ1) is 13.1. The molecule has 0 saturated carbocycles. The van der Waals surface area contributed by atoms with Gasteiger partial charge in [-0.05, 0) is 43.6 Å². The molecular formula is C20H32Cl2FN3O3. The molecule has 6 nitrogen and oxygen atoms in total. The van der Waals surface area contributed by atoms with Gasteiger partial charge in [0.15, 0.2) is 0 Å². The van der Waals surface area contributed by atoms with Crippen molar-refractivity contribution >= 4 is 30.7 Å². The fourth-order valence-corrected chi connectivity index (χ4v) is 4.05. The standard InChI is InChI=1S/C20H30FN3O3.2ClH/c1-26-15-20(5-7-22-8-6-20)14-23-19(25)18(24-9-11-27-12-10-24)16-3-2-4-17(21)13-16;;/h2-4,13,18,22H,5-12,14-15H2,1H3,(H,23,25);2*1H. The Bertz CT molecular complexity index is 621. The summed E-state index contributed by atoms with van der Waals surface area (Å²) in [4.78, 5) is 15.2. The molecule has 1 aromatic carbocycles. The maximum atomic E-state index is 13.8. The number of piperidine rings is 1. The fourth-order valence-electron chi connectivity index (χ4n) is 4.05. The molecule has 0 aromatic heterocycles. The van der Waals surface area contributed by atoms with Crippen LogP contribution in [0.5, 0.6) is 0 Å². The topological polar surface area (TPSA) is 62.8 Å². The summed E-state index contributed by atoms with van der Waals surface area (Å²) in [6, 6.07) is 5.82. The van der Waals surface area contributed by atoms with E-state index in [-0.39, 0.29) is 42.0 Å². The van der Waals surface area contributed by atoms with Gasteiger partial charge in [-0.1, -0.05) is 12.1 Å². The van der Waals surface area contributed by atoms with Crippen molar-refractivity contribution in [1.29, 1.82) is 0 Å². The third kappa shape index (κ3) is 7.05. The average molecular weight is 452 g/mol. The third-order valence-electron chi connectivity index (χ3n) is 5.58. The molecule has 166 valence electrons. The van der Waals surface area contributed by atoms with E-state index in [1.165, 1.54) is 12.1 Å². The van der Waals surface area contributed by atoms with Gasteiger partial charge in [0.1, 0.15) is 11.9 Å². The molecule has 1 amide bonds. The minimum absolute atomic E-state index is 0. The van der Waals surface area contributed by atoms with Crippen molar-refractivity contribution in [3.63, 3.8) is 0 Å². The first-order valence-electron chi connectivity index (χ1n) is 9.68. The molecule has 2 aliphatic rings. The van der Waals surface area contributed by atoms with E-state index in [2.05, 4.69) is 15.5 Å². The van der Waals surface area contributed by atoms with Gasteiger partial charge in [-0.15, -0.1) is 24.8 Å². The van der Waals surface area contributed by atoms with E-state index in [4.69, 9.17) is 9.47 Å². The number of rotatable bonds is 7. The zero-order valence-electron chi connectivity index (χ0n) is 16.8. The molecule has 1 unspecified atom stereocenters. The van der Waals surface area contributed by atoms with E-state index in [1.807, 2.05) is 6.07 Å². The lowest BCUT2D eigenvalue weighted by Gasteiger charge is -2.38. The highest BCUT2D eigenvalue weighted by atomic mass is 35.5. The first-order valence-corrected chi connectivity index (χ1v) is 9.68. The largest absolute Gasteiger partial charge is 0.384 e. The monoisotopic (exact) mass is 451 g/mol. The summed E-state index contributed by atoms with van der Waals surface area (Å²) < 4.78 is 24.7. The molecule has 3 rings (SSSR count). The number of hydrogen-bond donors (Lipinski definition) is 2. The highest BCUT2D eigenvalue weighted by molar-refractivity contribution is 5.85. The Morgan fingerprint density at radius 3 is 2.62 bits per heavy atom. The zero-order chi connectivity index (χ0) is 19.1. The molecule has 2 fully saturated rings. The van der Waals surface area contributed by atoms with Crippen LogP contribution in [-0.2, 0) is 14.3 Å². The highest BCUT2D eigenvalue weighted by Crippen LogP contribution is 2.29. The molecule has 0 aliphatic carbocycles. The summed E-state index contributed by atoms with van der Waals surface area (Å²) in [7, 11) is 1.70. The van der Waals surface area contributed by atoms with Crippen LogP contribution in [0.1, 0.15) is 24.4 Å². The van der Waals surface area contributed by atoms with Crippen LogP contribution < -0.4 is 10.6 Å². The normalized spacial score (nSPS) is 20.1. The molecule has 9 heteroatoms. The average Bonchev–Trinajstić information content (AvgIpc) is 2.69. The molecule has 0 spiro atoms. The summed E-state index contributed by atoms with van der Waals surface area (Å²) in [6.45, 7) is 5.51. The Morgan fingerprint density at radius 1 is 1.31 bits per heavy atom. The predicted octanol–water partition coefficient (Wildman–Crippen LogP) is 2.17. The van der Waals surface area contributed by atoms with Crippen molar-refractivity contribution in [2.75, 3.05) is 59.7 Å². The Morgan fingerprint density at radius 2 is 2.00 bits per heavy atom. The molecule has 1 aromatic rings. The SMILES string of the molecule is COCC1(CNC(=O)C(c2cccc(F)c2)N2CCOCC2)CCNCC1.Cl.Cl. The van der Waals surface area contributed by atoms with Gasteiger partial charge >= 0.3 is 0 Å². The van der Waals surface area contributed by atoms with E-state index < -0.39 is 6.04 Å². The quantitative estimate of drug-likeness (QED) is 0.664. The molecular weight excluding hydrogens is 420 g/mol. The van der Waals surface area contributed by atoms with Crippen molar-refractivity contribution in [3.05, 3.63) is 35.6 Å². The summed E-state index contributed by atoms with van der Waals surface area (Å²) in [5.41, 5.74) is 0.633. The maximum Gasteiger partial charge on any atom is 0.241 e. The predicted molar refractivity (Wildman–Crippen MR) is 115 cm³/mol. The number of morpholine rings is 1. The number of halogens is 3. The van der Waals surface area contributed by atoms with Gasteiger partial charge in [0.2, 0.25) is 5.91 Å². The van der Waals surface area contributed by atoms with Crippen molar-refractivity contribution in [1.82, 2.24) is 15.5 Å². The second-order valence-corrected chi connectivity index (χ2v) is 7.51. The zero-order valence-corrected chi connectivity index (χ0v) is 18.5. The van der Waals surface area contributed by atoms with Crippen molar-refractivity contribution < 1.29 is 18.7 Å². The van der Waals surface area contributed by atoms with E-state index in [1.54, 1.807) is 13.2 Å². The van der Waals surface area contributed by atoms with Crippen molar-refractivity contribution in [3.8, 4) is 0 Å². The molecule has 2 saturated heterocycles. The Labute approximate surface area is 184 Å². The Hall–Kier alpha value is -0.960. The lowest BCUT2D eigenvalue weighted by Crippen LogP contribution is -2.50. The Balaban J connectivity index is 0.00000210. The first kappa shape index (κ1) is 26.1. The van der Waals surface area contributed by atoms with Gasteiger partial charge in [-0.25, -0.2) is 4.39 Å². The summed E-state index contributed by atoms with van der Waals surface area (Å²) >= 11 is 0. The van der Waals surface area contributed by atoms with E-state index in [0.717, 1.165) is 25.9 Å². The van der Waals surface area contributed by atoms with Crippen LogP contribution in [-0.4, -0.2) is 70.5 Å². The van der Waals surface area contributed by atoms with Gasteiger partial charge < -0.3 is 20.1 Å². The lowest BCUT2D eigenvalue weighted by atomic mass is 9.79. The minimum Gasteiger partial charge on any atom is -0.384 e. The van der Waals surface area contributed by atoms with Gasteiger partial charge in [0.25, 0.3) is 0 Å².